The van der Waals surface area contributed by atoms with Gasteiger partial charge in [0.1, 0.15) is 5.69 Å². The number of nitro groups is 1. The zero-order valence-corrected chi connectivity index (χ0v) is 13.7. The third-order valence-corrected chi connectivity index (χ3v) is 4.17. The fourth-order valence-electron chi connectivity index (χ4n) is 2.23. The molecular formula is C13H19IN4O2. The quantitative estimate of drug-likeness (QED) is 0.473. The number of nitrogens with one attached hydrogen (secondary N) is 1. The lowest BCUT2D eigenvalue weighted by Gasteiger charge is -2.32. The highest BCUT2D eigenvalue weighted by atomic mass is 127. The highest BCUT2D eigenvalue weighted by molar-refractivity contribution is 14.1. The Hall–Kier alpha value is -0.930. The molecule has 0 aromatic heterocycles. The van der Waals surface area contributed by atoms with Crippen molar-refractivity contribution in [3.63, 3.8) is 0 Å². The van der Waals surface area contributed by atoms with E-state index in [1.165, 1.54) is 0 Å². The van der Waals surface area contributed by atoms with Crippen molar-refractivity contribution in [3.8, 4) is 0 Å². The van der Waals surface area contributed by atoms with Gasteiger partial charge in [0.25, 0.3) is 5.69 Å². The van der Waals surface area contributed by atoms with Crippen LogP contribution in [0.25, 0.3) is 0 Å². The molecule has 0 bridgehead atoms. The highest BCUT2D eigenvalue weighted by Crippen LogP contribution is 2.25. The predicted molar refractivity (Wildman–Crippen MR) is 88.2 cm³/mol. The van der Waals surface area contributed by atoms with Crippen LogP contribution in [0.2, 0.25) is 0 Å². The molecule has 1 saturated heterocycles. The van der Waals surface area contributed by atoms with Crippen molar-refractivity contribution in [2.45, 2.75) is 0 Å². The van der Waals surface area contributed by atoms with Crippen molar-refractivity contribution in [1.29, 1.82) is 0 Å². The van der Waals surface area contributed by atoms with E-state index >= 15 is 0 Å². The summed E-state index contributed by atoms with van der Waals surface area (Å²) in [5.41, 5.74) is 0.750. The predicted octanol–water partition coefficient (Wildman–Crippen LogP) is 1.86. The number of nitrogens with zero attached hydrogens (tertiary/aromatic N) is 3. The van der Waals surface area contributed by atoms with Crippen LogP contribution in [-0.4, -0.2) is 61.0 Å². The van der Waals surface area contributed by atoms with E-state index in [1.54, 1.807) is 12.1 Å². The summed E-state index contributed by atoms with van der Waals surface area (Å²) in [7, 11) is 2.13. The van der Waals surface area contributed by atoms with Gasteiger partial charge in [0.15, 0.2) is 0 Å². The van der Waals surface area contributed by atoms with E-state index < -0.39 is 0 Å². The molecule has 1 aromatic rings. The van der Waals surface area contributed by atoms with Crippen molar-refractivity contribution in [2.24, 2.45) is 0 Å². The highest BCUT2D eigenvalue weighted by Gasteiger charge is 2.15. The van der Waals surface area contributed by atoms with Gasteiger partial charge in [0.05, 0.1) is 4.92 Å². The molecular weight excluding hydrogens is 371 g/mol. The number of hydrogen-bond donors (Lipinski definition) is 1. The second kappa shape index (κ2) is 7.19. The van der Waals surface area contributed by atoms with Gasteiger partial charge in [-0.05, 0) is 41.8 Å². The number of halogens is 1. The molecule has 2 rings (SSSR count). The SMILES string of the molecule is CN1CCN(CCNc2ccc(I)cc2[N+](=O)[O-])CC1. The number of piperazine rings is 1. The Bertz CT molecular complexity index is 475. The zero-order chi connectivity index (χ0) is 14.5. The number of benzene rings is 1. The van der Waals surface area contributed by atoms with Gasteiger partial charge in [0, 0.05) is 48.9 Å². The van der Waals surface area contributed by atoms with Gasteiger partial charge in [-0.15, -0.1) is 0 Å². The second-order valence-corrected chi connectivity index (χ2v) is 6.24. The molecule has 0 spiro atoms. The average Bonchev–Trinajstić information content (AvgIpc) is 2.42. The van der Waals surface area contributed by atoms with Crippen LogP contribution in [0.1, 0.15) is 0 Å². The van der Waals surface area contributed by atoms with E-state index in [1.807, 2.05) is 6.07 Å². The topological polar surface area (TPSA) is 61.6 Å². The average molecular weight is 390 g/mol. The largest absolute Gasteiger partial charge is 0.378 e. The summed E-state index contributed by atoms with van der Waals surface area (Å²) in [6, 6.07) is 5.26. The number of hydrogen-bond acceptors (Lipinski definition) is 5. The minimum Gasteiger partial charge on any atom is -0.378 e. The minimum absolute atomic E-state index is 0.148. The first-order chi connectivity index (χ1) is 9.56. The maximum Gasteiger partial charge on any atom is 0.293 e. The van der Waals surface area contributed by atoms with E-state index in [4.69, 9.17) is 0 Å². The smallest absolute Gasteiger partial charge is 0.293 e. The molecule has 1 aliphatic heterocycles. The van der Waals surface area contributed by atoms with Crippen LogP contribution >= 0.6 is 22.6 Å². The molecule has 20 heavy (non-hydrogen) atoms. The first-order valence-electron chi connectivity index (χ1n) is 6.65. The van der Waals surface area contributed by atoms with E-state index in [-0.39, 0.29) is 10.6 Å². The molecule has 1 N–H and O–H groups in total. The van der Waals surface area contributed by atoms with Crippen molar-refractivity contribution < 1.29 is 4.92 Å². The van der Waals surface area contributed by atoms with Crippen LogP contribution in [0.5, 0.6) is 0 Å². The Morgan fingerprint density at radius 1 is 1.35 bits per heavy atom. The number of likely N-dealkylation sites (N-methyl/N-ethyl adjacent to an activating group) is 1. The monoisotopic (exact) mass is 390 g/mol. The second-order valence-electron chi connectivity index (χ2n) is 4.99. The first kappa shape index (κ1) is 15.5. The molecule has 0 amide bonds. The molecule has 0 radical (unpaired) electrons. The van der Waals surface area contributed by atoms with Gasteiger partial charge in [-0.25, -0.2) is 0 Å². The summed E-state index contributed by atoms with van der Waals surface area (Å²) in [4.78, 5) is 15.4. The molecule has 0 aliphatic carbocycles. The number of nitro benzene ring substituents is 1. The molecule has 0 unspecified atom stereocenters. The molecule has 1 aromatic carbocycles. The standard InChI is InChI=1S/C13H19IN4O2/c1-16-6-8-17(9-7-16)5-4-15-12-3-2-11(14)10-13(12)18(19)20/h2-3,10,15H,4-9H2,1H3. The number of rotatable bonds is 5. The van der Waals surface area contributed by atoms with Gasteiger partial charge in [-0.2, -0.15) is 0 Å². The number of anilines is 1. The maximum atomic E-state index is 11.0. The molecule has 0 saturated carbocycles. The lowest BCUT2D eigenvalue weighted by molar-refractivity contribution is -0.384. The van der Waals surface area contributed by atoms with Crippen LogP contribution in [-0.2, 0) is 0 Å². The van der Waals surface area contributed by atoms with Gasteiger partial charge >= 0.3 is 0 Å². The summed E-state index contributed by atoms with van der Waals surface area (Å²) >= 11 is 2.09. The normalized spacial score (nSPS) is 17.1. The molecule has 0 atom stereocenters. The van der Waals surface area contributed by atoms with E-state index in [9.17, 15) is 10.1 Å². The summed E-state index contributed by atoms with van der Waals surface area (Å²) < 4.78 is 0.874. The van der Waals surface area contributed by atoms with E-state index in [0.717, 1.165) is 42.8 Å². The van der Waals surface area contributed by atoms with Crippen LogP contribution in [0.4, 0.5) is 11.4 Å². The Kier molecular flexibility index (Phi) is 5.55. The molecule has 1 fully saturated rings. The molecule has 1 heterocycles. The van der Waals surface area contributed by atoms with Crippen molar-refractivity contribution in [1.82, 2.24) is 9.80 Å². The Morgan fingerprint density at radius 2 is 2.05 bits per heavy atom. The zero-order valence-electron chi connectivity index (χ0n) is 11.5. The van der Waals surface area contributed by atoms with Gasteiger partial charge in [0.2, 0.25) is 0 Å². The molecule has 6 nitrogen and oxygen atoms in total. The fourth-order valence-corrected chi connectivity index (χ4v) is 2.70. The van der Waals surface area contributed by atoms with Gasteiger partial charge < -0.3 is 10.2 Å². The third-order valence-electron chi connectivity index (χ3n) is 3.50. The summed E-state index contributed by atoms with van der Waals surface area (Å²) in [6.07, 6.45) is 0. The van der Waals surface area contributed by atoms with Crippen LogP contribution < -0.4 is 5.32 Å². The first-order valence-corrected chi connectivity index (χ1v) is 7.73. The molecule has 1 aliphatic rings. The van der Waals surface area contributed by atoms with Crippen LogP contribution in [0, 0.1) is 13.7 Å². The molecule has 7 heteroatoms. The van der Waals surface area contributed by atoms with Crippen molar-refractivity contribution in [2.75, 3.05) is 51.6 Å². The minimum atomic E-state index is -0.333. The Labute approximate surface area is 132 Å². The van der Waals surface area contributed by atoms with Gasteiger partial charge in [-0.3, -0.25) is 15.0 Å². The van der Waals surface area contributed by atoms with E-state index in [2.05, 4.69) is 44.8 Å². The molecule has 110 valence electrons. The third kappa shape index (κ3) is 4.29. The maximum absolute atomic E-state index is 11.0. The van der Waals surface area contributed by atoms with E-state index in [0.29, 0.717) is 5.69 Å². The fraction of sp³-hybridized carbons (Fsp3) is 0.538. The van der Waals surface area contributed by atoms with Crippen molar-refractivity contribution >= 4 is 34.0 Å². The lowest BCUT2D eigenvalue weighted by Crippen LogP contribution is -2.45. The van der Waals surface area contributed by atoms with Gasteiger partial charge in [-0.1, -0.05) is 0 Å². The summed E-state index contributed by atoms with van der Waals surface area (Å²) in [5, 5.41) is 14.2. The summed E-state index contributed by atoms with van der Waals surface area (Å²) in [6.45, 7) is 5.94. The van der Waals surface area contributed by atoms with Crippen molar-refractivity contribution in [3.05, 3.63) is 31.9 Å². The van der Waals surface area contributed by atoms with Crippen LogP contribution in [0.3, 0.4) is 0 Å². The summed E-state index contributed by atoms with van der Waals surface area (Å²) in [5.74, 6) is 0. The van der Waals surface area contributed by atoms with Crippen LogP contribution in [0.15, 0.2) is 18.2 Å². The lowest BCUT2D eigenvalue weighted by atomic mass is 10.2. The Morgan fingerprint density at radius 3 is 2.70 bits per heavy atom. The Balaban J connectivity index is 1.86.